The number of carbonyl (C=O) groups is 1. The zero-order chi connectivity index (χ0) is 14.1. The topological polar surface area (TPSA) is 42.4 Å². The van der Waals surface area contributed by atoms with E-state index in [0.717, 1.165) is 49.1 Å². The zero-order valence-electron chi connectivity index (χ0n) is 12.2. The van der Waals surface area contributed by atoms with E-state index in [1.807, 2.05) is 6.92 Å². The van der Waals surface area contributed by atoms with Gasteiger partial charge in [-0.2, -0.15) is 0 Å². The fourth-order valence-electron chi connectivity index (χ4n) is 3.12. The van der Waals surface area contributed by atoms with Crippen LogP contribution in [0.3, 0.4) is 0 Å². The van der Waals surface area contributed by atoms with Gasteiger partial charge in [-0.05, 0) is 38.5 Å². The molecule has 20 heavy (non-hydrogen) atoms. The molecule has 1 aromatic heterocycles. The Balaban J connectivity index is 1.83. The summed E-state index contributed by atoms with van der Waals surface area (Å²) in [5.74, 6) is 0.514. The molecule has 0 N–H and O–H groups in total. The Morgan fingerprint density at radius 1 is 1.50 bits per heavy atom. The lowest BCUT2D eigenvalue weighted by atomic mass is 9.91. The lowest BCUT2D eigenvalue weighted by Gasteiger charge is -2.19. The van der Waals surface area contributed by atoms with Gasteiger partial charge in [-0.25, -0.2) is 4.98 Å². The predicted octanol–water partition coefficient (Wildman–Crippen LogP) is 2.97. The minimum Gasteiger partial charge on any atom is -0.465 e. The molecule has 0 saturated carbocycles. The number of ether oxygens (including phenoxy) is 1. The Hall–Kier alpha value is -1.10. The molecule has 2 aliphatic rings. The van der Waals surface area contributed by atoms with Gasteiger partial charge in [0.25, 0.3) is 0 Å². The van der Waals surface area contributed by atoms with Crippen LogP contribution in [0, 0.1) is 5.92 Å². The number of esters is 1. The van der Waals surface area contributed by atoms with Crippen molar-refractivity contribution in [3.05, 3.63) is 10.6 Å². The van der Waals surface area contributed by atoms with Crippen LogP contribution in [0.5, 0.6) is 0 Å². The molecule has 1 saturated heterocycles. The Labute approximate surface area is 124 Å². The monoisotopic (exact) mass is 294 g/mol. The molecule has 1 aliphatic carbocycles. The van der Waals surface area contributed by atoms with Gasteiger partial charge in [0, 0.05) is 18.0 Å². The number of hydrogen-bond acceptors (Lipinski definition) is 5. The van der Waals surface area contributed by atoms with E-state index in [0.29, 0.717) is 6.61 Å². The molecule has 0 aromatic carbocycles. The second-order valence-electron chi connectivity index (χ2n) is 5.84. The van der Waals surface area contributed by atoms with E-state index >= 15 is 0 Å². The molecular weight excluding hydrogens is 272 g/mol. The number of aryl methyl sites for hydroxylation is 1. The number of carbonyl (C=O) groups excluding carboxylic acids is 1. The van der Waals surface area contributed by atoms with Crippen molar-refractivity contribution in [2.45, 2.75) is 45.4 Å². The molecule has 2 atom stereocenters. The molecular formula is C15H22N2O2S. The van der Waals surface area contributed by atoms with Crippen molar-refractivity contribution < 1.29 is 9.53 Å². The van der Waals surface area contributed by atoms with Crippen LogP contribution < -0.4 is 4.90 Å². The SMILES string of the molecule is CCOC(=O)C1CCCc2sc(N3CCC(C)C3)nc21. The fraction of sp³-hybridized carbons (Fsp3) is 0.733. The Morgan fingerprint density at radius 3 is 3.05 bits per heavy atom. The Bertz CT molecular complexity index is 500. The second-order valence-corrected chi connectivity index (χ2v) is 6.90. The Kier molecular flexibility index (Phi) is 3.96. The van der Waals surface area contributed by atoms with E-state index in [1.54, 1.807) is 11.3 Å². The lowest BCUT2D eigenvalue weighted by Crippen LogP contribution is -2.21. The van der Waals surface area contributed by atoms with E-state index in [1.165, 1.54) is 11.3 Å². The quantitative estimate of drug-likeness (QED) is 0.804. The lowest BCUT2D eigenvalue weighted by molar-refractivity contribution is -0.145. The van der Waals surface area contributed by atoms with Crippen molar-refractivity contribution in [1.29, 1.82) is 0 Å². The number of rotatable bonds is 3. The Morgan fingerprint density at radius 2 is 2.35 bits per heavy atom. The van der Waals surface area contributed by atoms with Gasteiger partial charge in [0.15, 0.2) is 5.13 Å². The van der Waals surface area contributed by atoms with Crippen molar-refractivity contribution in [3.8, 4) is 0 Å². The average molecular weight is 294 g/mol. The number of fused-ring (bicyclic) bond motifs is 1. The van der Waals surface area contributed by atoms with Gasteiger partial charge in [-0.3, -0.25) is 4.79 Å². The molecule has 0 bridgehead atoms. The highest BCUT2D eigenvalue weighted by Crippen LogP contribution is 2.39. The van der Waals surface area contributed by atoms with Crippen LogP contribution in [-0.4, -0.2) is 30.6 Å². The number of hydrogen-bond donors (Lipinski definition) is 0. The van der Waals surface area contributed by atoms with Crippen molar-refractivity contribution in [1.82, 2.24) is 4.98 Å². The number of thiazole rings is 1. The molecule has 0 radical (unpaired) electrons. The summed E-state index contributed by atoms with van der Waals surface area (Å²) in [4.78, 5) is 20.5. The van der Waals surface area contributed by atoms with Gasteiger partial charge >= 0.3 is 5.97 Å². The first-order chi connectivity index (χ1) is 9.69. The van der Waals surface area contributed by atoms with E-state index in [2.05, 4.69) is 11.8 Å². The normalized spacial score (nSPS) is 25.6. The van der Waals surface area contributed by atoms with Crippen molar-refractivity contribution in [3.63, 3.8) is 0 Å². The van der Waals surface area contributed by atoms with E-state index < -0.39 is 0 Å². The molecule has 1 aliphatic heterocycles. The van der Waals surface area contributed by atoms with Crippen molar-refractivity contribution in [2.24, 2.45) is 5.92 Å². The van der Waals surface area contributed by atoms with Gasteiger partial charge in [0.2, 0.25) is 0 Å². The van der Waals surface area contributed by atoms with Crippen molar-refractivity contribution >= 4 is 22.4 Å². The molecule has 0 amide bonds. The third-order valence-corrected chi connectivity index (χ3v) is 5.40. The summed E-state index contributed by atoms with van der Waals surface area (Å²) in [5.41, 5.74) is 0.995. The molecule has 3 rings (SSSR count). The summed E-state index contributed by atoms with van der Waals surface area (Å²) in [6.45, 7) is 6.79. The third-order valence-electron chi connectivity index (χ3n) is 4.21. The van der Waals surface area contributed by atoms with Crippen LogP contribution in [0.15, 0.2) is 0 Å². The van der Waals surface area contributed by atoms with Crippen LogP contribution in [0.4, 0.5) is 5.13 Å². The molecule has 2 unspecified atom stereocenters. The van der Waals surface area contributed by atoms with Crippen LogP contribution >= 0.6 is 11.3 Å². The molecule has 0 spiro atoms. The molecule has 5 heteroatoms. The molecule has 110 valence electrons. The summed E-state index contributed by atoms with van der Waals surface area (Å²) in [5, 5.41) is 1.11. The van der Waals surface area contributed by atoms with Gasteiger partial charge in [0.1, 0.15) is 5.92 Å². The smallest absolute Gasteiger partial charge is 0.315 e. The second kappa shape index (κ2) is 5.72. The van der Waals surface area contributed by atoms with Gasteiger partial charge in [0.05, 0.1) is 12.3 Å². The average Bonchev–Trinajstić information content (AvgIpc) is 3.03. The first kappa shape index (κ1) is 13.9. The first-order valence-electron chi connectivity index (χ1n) is 7.60. The van der Waals surface area contributed by atoms with Crippen molar-refractivity contribution in [2.75, 3.05) is 24.6 Å². The van der Waals surface area contributed by atoms with E-state index in [4.69, 9.17) is 9.72 Å². The predicted molar refractivity (Wildman–Crippen MR) is 80.4 cm³/mol. The third kappa shape index (κ3) is 2.55. The molecule has 2 heterocycles. The minimum absolute atomic E-state index is 0.0971. The summed E-state index contributed by atoms with van der Waals surface area (Å²) in [6, 6.07) is 0. The van der Waals surface area contributed by atoms with Gasteiger partial charge < -0.3 is 9.64 Å². The molecule has 1 aromatic rings. The summed E-state index contributed by atoms with van der Waals surface area (Å²) in [7, 11) is 0. The molecule has 1 fully saturated rings. The minimum atomic E-state index is -0.135. The fourth-order valence-corrected chi connectivity index (χ4v) is 4.32. The maximum Gasteiger partial charge on any atom is 0.315 e. The summed E-state index contributed by atoms with van der Waals surface area (Å²) < 4.78 is 5.20. The van der Waals surface area contributed by atoms with Gasteiger partial charge in [-0.15, -0.1) is 11.3 Å². The maximum atomic E-state index is 12.1. The van der Waals surface area contributed by atoms with E-state index in [-0.39, 0.29) is 11.9 Å². The van der Waals surface area contributed by atoms with E-state index in [9.17, 15) is 4.79 Å². The number of anilines is 1. The zero-order valence-corrected chi connectivity index (χ0v) is 13.0. The number of aromatic nitrogens is 1. The first-order valence-corrected chi connectivity index (χ1v) is 8.42. The van der Waals surface area contributed by atoms with Crippen LogP contribution in [0.1, 0.15) is 49.6 Å². The maximum absolute atomic E-state index is 12.1. The van der Waals surface area contributed by atoms with Crippen LogP contribution in [0.25, 0.3) is 0 Å². The highest BCUT2D eigenvalue weighted by atomic mass is 32.1. The summed E-state index contributed by atoms with van der Waals surface area (Å²) >= 11 is 1.78. The van der Waals surface area contributed by atoms with Gasteiger partial charge in [-0.1, -0.05) is 6.92 Å². The molecule has 4 nitrogen and oxygen atoms in total. The highest BCUT2D eigenvalue weighted by Gasteiger charge is 2.32. The highest BCUT2D eigenvalue weighted by molar-refractivity contribution is 7.15. The largest absolute Gasteiger partial charge is 0.465 e. The number of nitrogens with zero attached hydrogens (tertiary/aromatic N) is 2. The van der Waals surface area contributed by atoms with Crippen LogP contribution in [-0.2, 0) is 16.0 Å². The summed E-state index contributed by atoms with van der Waals surface area (Å²) in [6.07, 6.45) is 4.25. The van der Waals surface area contributed by atoms with Crippen LogP contribution in [0.2, 0.25) is 0 Å². The standard InChI is InChI=1S/C15H22N2O2S/c1-3-19-14(18)11-5-4-6-12-13(11)16-15(20-12)17-8-7-10(2)9-17/h10-11H,3-9H2,1-2H3.